The van der Waals surface area contributed by atoms with Crippen molar-refractivity contribution in [2.24, 2.45) is 0 Å². The van der Waals surface area contributed by atoms with E-state index in [1.165, 1.54) is 0 Å². The standard InChI is InChI=1S/C17H19NO.C2H6/c19-17(16-12-7-13-18-16,14-8-3-1-4-9-14)15-10-5-2-6-11-15;1-2/h1-6,8-11,16,18-19H,7,12-13H2;1-2H3. The van der Waals surface area contributed by atoms with Gasteiger partial charge in [0.25, 0.3) is 0 Å². The van der Waals surface area contributed by atoms with Crippen LogP contribution >= 0.6 is 0 Å². The zero-order chi connectivity index (χ0) is 15.1. The summed E-state index contributed by atoms with van der Waals surface area (Å²) in [6.45, 7) is 4.98. The van der Waals surface area contributed by atoms with E-state index in [0.29, 0.717) is 0 Å². The number of benzene rings is 2. The molecule has 0 radical (unpaired) electrons. The van der Waals surface area contributed by atoms with E-state index in [9.17, 15) is 5.11 Å². The molecule has 1 aliphatic heterocycles. The second-order valence-electron chi connectivity index (χ2n) is 5.15. The molecule has 2 aromatic carbocycles. The van der Waals surface area contributed by atoms with Crippen molar-refractivity contribution >= 4 is 0 Å². The van der Waals surface area contributed by atoms with Gasteiger partial charge in [0.2, 0.25) is 0 Å². The third-order valence-electron chi connectivity index (χ3n) is 3.99. The van der Waals surface area contributed by atoms with Gasteiger partial charge in [0.05, 0.1) is 0 Å². The first-order valence-electron chi connectivity index (χ1n) is 7.88. The van der Waals surface area contributed by atoms with Gasteiger partial charge in [-0.2, -0.15) is 0 Å². The Labute approximate surface area is 127 Å². The van der Waals surface area contributed by atoms with Crippen molar-refractivity contribution in [1.82, 2.24) is 5.32 Å². The van der Waals surface area contributed by atoms with Crippen LogP contribution in [0.1, 0.15) is 37.8 Å². The highest BCUT2D eigenvalue weighted by Gasteiger charge is 2.41. The van der Waals surface area contributed by atoms with Crippen LogP contribution in [0.4, 0.5) is 0 Å². The number of nitrogens with one attached hydrogen (secondary N) is 1. The van der Waals surface area contributed by atoms with Crippen LogP contribution in [0, 0.1) is 0 Å². The Morgan fingerprint density at radius 1 is 0.905 bits per heavy atom. The summed E-state index contributed by atoms with van der Waals surface area (Å²) in [5.41, 5.74) is 0.972. The van der Waals surface area contributed by atoms with E-state index in [2.05, 4.69) is 5.32 Å². The molecular weight excluding hydrogens is 258 g/mol. The third kappa shape index (κ3) is 3.17. The Morgan fingerprint density at radius 3 is 1.76 bits per heavy atom. The maximum absolute atomic E-state index is 11.4. The normalized spacial score (nSPS) is 18.0. The fourth-order valence-corrected chi connectivity index (χ4v) is 2.99. The van der Waals surface area contributed by atoms with Crippen molar-refractivity contribution in [2.45, 2.75) is 38.3 Å². The summed E-state index contributed by atoms with van der Waals surface area (Å²) in [7, 11) is 0. The molecule has 2 N–H and O–H groups in total. The average molecular weight is 283 g/mol. The smallest absolute Gasteiger partial charge is 0.130 e. The molecule has 0 bridgehead atoms. The van der Waals surface area contributed by atoms with Crippen molar-refractivity contribution in [3.63, 3.8) is 0 Å². The van der Waals surface area contributed by atoms with Crippen LogP contribution in [0.25, 0.3) is 0 Å². The summed E-state index contributed by atoms with van der Waals surface area (Å²) < 4.78 is 0. The molecule has 0 saturated carbocycles. The van der Waals surface area contributed by atoms with Gasteiger partial charge in [-0.25, -0.2) is 0 Å². The highest BCUT2D eigenvalue weighted by molar-refractivity contribution is 5.38. The van der Waals surface area contributed by atoms with Gasteiger partial charge >= 0.3 is 0 Å². The number of aliphatic hydroxyl groups is 1. The Balaban J connectivity index is 0.000000774. The second-order valence-corrected chi connectivity index (χ2v) is 5.15. The lowest BCUT2D eigenvalue weighted by atomic mass is 9.79. The maximum Gasteiger partial charge on any atom is 0.130 e. The lowest BCUT2D eigenvalue weighted by molar-refractivity contribution is 0.0442. The lowest BCUT2D eigenvalue weighted by Crippen LogP contribution is -2.46. The van der Waals surface area contributed by atoms with E-state index in [0.717, 1.165) is 30.5 Å². The molecule has 1 saturated heterocycles. The lowest BCUT2D eigenvalue weighted by Gasteiger charge is -2.35. The molecule has 112 valence electrons. The first-order valence-corrected chi connectivity index (χ1v) is 7.88. The molecule has 2 heteroatoms. The highest BCUT2D eigenvalue weighted by atomic mass is 16.3. The van der Waals surface area contributed by atoms with E-state index < -0.39 is 5.60 Å². The largest absolute Gasteiger partial charge is 0.379 e. The molecule has 1 fully saturated rings. The summed E-state index contributed by atoms with van der Waals surface area (Å²) in [5, 5.41) is 14.8. The summed E-state index contributed by atoms with van der Waals surface area (Å²) in [4.78, 5) is 0. The fraction of sp³-hybridized carbons (Fsp3) is 0.368. The van der Waals surface area contributed by atoms with Gasteiger partial charge in [0.1, 0.15) is 5.60 Å². The molecule has 2 aromatic rings. The monoisotopic (exact) mass is 283 g/mol. The van der Waals surface area contributed by atoms with Crippen LogP contribution in [-0.4, -0.2) is 17.7 Å². The Hall–Kier alpha value is -1.64. The average Bonchev–Trinajstić information content (AvgIpc) is 3.13. The summed E-state index contributed by atoms with van der Waals surface area (Å²) in [5.74, 6) is 0. The van der Waals surface area contributed by atoms with Crippen LogP contribution in [-0.2, 0) is 5.60 Å². The minimum atomic E-state index is -0.945. The van der Waals surface area contributed by atoms with Gasteiger partial charge in [0.15, 0.2) is 0 Å². The van der Waals surface area contributed by atoms with Crippen LogP contribution < -0.4 is 5.32 Å². The van der Waals surface area contributed by atoms with Crippen molar-refractivity contribution in [1.29, 1.82) is 0 Å². The summed E-state index contributed by atoms with van der Waals surface area (Å²) >= 11 is 0. The third-order valence-corrected chi connectivity index (χ3v) is 3.99. The van der Waals surface area contributed by atoms with Gasteiger partial charge < -0.3 is 10.4 Å². The molecule has 1 aliphatic rings. The predicted octanol–water partition coefficient (Wildman–Crippen LogP) is 3.70. The van der Waals surface area contributed by atoms with Crippen LogP contribution in [0.3, 0.4) is 0 Å². The zero-order valence-corrected chi connectivity index (χ0v) is 12.9. The number of hydrogen-bond acceptors (Lipinski definition) is 2. The molecule has 3 rings (SSSR count). The molecule has 1 atom stereocenters. The summed E-state index contributed by atoms with van der Waals surface area (Å²) in [6.07, 6.45) is 2.12. The van der Waals surface area contributed by atoms with Crippen molar-refractivity contribution in [3.05, 3.63) is 71.8 Å². The summed E-state index contributed by atoms with van der Waals surface area (Å²) in [6, 6.07) is 20.0. The van der Waals surface area contributed by atoms with Crippen LogP contribution in [0.2, 0.25) is 0 Å². The topological polar surface area (TPSA) is 32.3 Å². The van der Waals surface area contributed by atoms with Crippen molar-refractivity contribution < 1.29 is 5.11 Å². The minimum absolute atomic E-state index is 0.0808. The Morgan fingerprint density at radius 2 is 1.38 bits per heavy atom. The first kappa shape index (κ1) is 15.7. The van der Waals surface area contributed by atoms with Gasteiger partial charge in [0, 0.05) is 6.04 Å². The second kappa shape index (κ2) is 7.39. The molecule has 1 unspecified atom stereocenters. The van der Waals surface area contributed by atoms with E-state index in [1.807, 2.05) is 74.5 Å². The maximum atomic E-state index is 11.4. The van der Waals surface area contributed by atoms with E-state index >= 15 is 0 Å². The molecule has 21 heavy (non-hydrogen) atoms. The molecule has 2 nitrogen and oxygen atoms in total. The molecule has 0 aliphatic carbocycles. The van der Waals surface area contributed by atoms with Crippen LogP contribution in [0.5, 0.6) is 0 Å². The van der Waals surface area contributed by atoms with Gasteiger partial charge in [-0.1, -0.05) is 74.5 Å². The van der Waals surface area contributed by atoms with Crippen molar-refractivity contribution in [2.75, 3.05) is 6.54 Å². The van der Waals surface area contributed by atoms with E-state index in [-0.39, 0.29) is 6.04 Å². The molecule has 0 spiro atoms. The van der Waals surface area contributed by atoms with Crippen molar-refractivity contribution in [3.8, 4) is 0 Å². The number of rotatable bonds is 3. The molecule has 1 heterocycles. The predicted molar refractivity (Wildman–Crippen MR) is 88.3 cm³/mol. The molecule has 0 amide bonds. The SMILES string of the molecule is CC.OC(c1ccccc1)(c1ccccc1)C1CCCN1. The fourth-order valence-electron chi connectivity index (χ4n) is 2.99. The van der Waals surface area contributed by atoms with Crippen LogP contribution in [0.15, 0.2) is 60.7 Å². The van der Waals surface area contributed by atoms with E-state index in [1.54, 1.807) is 0 Å². The zero-order valence-electron chi connectivity index (χ0n) is 12.9. The van der Waals surface area contributed by atoms with Gasteiger partial charge in [-0.05, 0) is 30.5 Å². The first-order chi connectivity index (χ1) is 10.3. The highest BCUT2D eigenvalue weighted by Crippen LogP contribution is 2.36. The molecule has 0 aromatic heterocycles. The number of hydrogen-bond donors (Lipinski definition) is 2. The Kier molecular flexibility index (Phi) is 5.54. The quantitative estimate of drug-likeness (QED) is 0.900. The van der Waals surface area contributed by atoms with E-state index in [4.69, 9.17) is 0 Å². The van der Waals surface area contributed by atoms with Gasteiger partial charge in [-0.3, -0.25) is 0 Å². The van der Waals surface area contributed by atoms with Gasteiger partial charge in [-0.15, -0.1) is 0 Å². The Bertz CT molecular complexity index is 478. The molecular formula is C19H25NO. The minimum Gasteiger partial charge on any atom is -0.379 e.